The smallest absolute Gasteiger partial charge is 0.259 e. The van der Waals surface area contributed by atoms with E-state index in [0.717, 1.165) is 17.0 Å². The Bertz CT molecular complexity index is 1090. The van der Waals surface area contributed by atoms with Gasteiger partial charge in [-0.05, 0) is 44.5 Å². The Morgan fingerprint density at radius 1 is 1.12 bits per heavy atom. The highest BCUT2D eigenvalue weighted by Crippen LogP contribution is 2.22. The Balaban J connectivity index is 1.80. The zero-order valence-corrected chi connectivity index (χ0v) is 13.6. The number of carbonyl (C=O) groups is 1. The molecule has 0 aliphatic carbocycles. The Morgan fingerprint density at radius 2 is 1.96 bits per heavy atom. The lowest BCUT2D eigenvalue weighted by Crippen LogP contribution is -2.14. The van der Waals surface area contributed by atoms with E-state index in [1.807, 2.05) is 49.7 Å². The van der Waals surface area contributed by atoms with Gasteiger partial charge in [-0.3, -0.25) is 9.20 Å². The van der Waals surface area contributed by atoms with Gasteiger partial charge in [0.05, 0.1) is 11.3 Å². The van der Waals surface area contributed by atoms with Crippen LogP contribution >= 0.6 is 0 Å². The van der Waals surface area contributed by atoms with Crippen LogP contribution in [-0.2, 0) is 0 Å². The second-order valence-electron chi connectivity index (χ2n) is 5.85. The maximum absolute atomic E-state index is 12.8. The lowest BCUT2D eigenvalue weighted by Gasteiger charge is -2.09. The summed E-state index contributed by atoms with van der Waals surface area (Å²) in [4.78, 5) is 17.3. The van der Waals surface area contributed by atoms with Gasteiger partial charge in [0.2, 0.25) is 0 Å². The van der Waals surface area contributed by atoms with Crippen LogP contribution in [0.4, 0.5) is 5.69 Å². The fraction of sp³-hybridized carbons (Fsp3) is 0.176. The number of hydrogen-bond acceptors (Lipinski definition) is 4. The molecular formula is C17H16N6O. The summed E-state index contributed by atoms with van der Waals surface area (Å²) < 4.78 is 3.68. The largest absolute Gasteiger partial charge is 0.318 e. The zero-order chi connectivity index (χ0) is 16.8. The van der Waals surface area contributed by atoms with E-state index in [0.29, 0.717) is 22.5 Å². The van der Waals surface area contributed by atoms with Crippen molar-refractivity contribution in [1.29, 1.82) is 0 Å². The number of anilines is 1. The highest BCUT2D eigenvalue weighted by molar-refractivity contribution is 6.10. The minimum absolute atomic E-state index is 0.214. The average molecular weight is 320 g/mol. The molecule has 0 saturated heterocycles. The van der Waals surface area contributed by atoms with Gasteiger partial charge < -0.3 is 9.72 Å². The maximum atomic E-state index is 12.8. The van der Waals surface area contributed by atoms with E-state index in [1.165, 1.54) is 0 Å². The van der Waals surface area contributed by atoms with Crippen LogP contribution in [0.5, 0.6) is 0 Å². The summed E-state index contributed by atoms with van der Waals surface area (Å²) in [5, 5.41) is 10.9. The Hall–Kier alpha value is -3.22. The lowest BCUT2D eigenvalue weighted by atomic mass is 10.2. The first-order chi connectivity index (χ1) is 11.5. The predicted molar refractivity (Wildman–Crippen MR) is 90.3 cm³/mol. The van der Waals surface area contributed by atoms with Gasteiger partial charge in [0.25, 0.3) is 5.91 Å². The summed E-state index contributed by atoms with van der Waals surface area (Å²) >= 11 is 0. The van der Waals surface area contributed by atoms with E-state index < -0.39 is 0 Å². The van der Waals surface area contributed by atoms with Gasteiger partial charge in [-0.15, -0.1) is 10.2 Å². The molecule has 24 heavy (non-hydrogen) atoms. The van der Waals surface area contributed by atoms with Gasteiger partial charge in [-0.2, -0.15) is 0 Å². The third-order valence-corrected chi connectivity index (χ3v) is 4.10. The quantitative estimate of drug-likeness (QED) is 0.616. The van der Waals surface area contributed by atoms with Gasteiger partial charge in [0.15, 0.2) is 5.65 Å². The number of nitrogens with zero attached hydrogens (tertiary/aromatic N) is 5. The Labute approximate surface area is 138 Å². The van der Waals surface area contributed by atoms with E-state index in [-0.39, 0.29) is 5.91 Å². The lowest BCUT2D eigenvalue weighted by molar-refractivity contribution is 0.102. The molecule has 1 N–H and O–H groups in total. The predicted octanol–water partition coefficient (Wildman–Crippen LogP) is 2.55. The topological polar surface area (TPSA) is 76.6 Å². The van der Waals surface area contributed by atoms with Crippen molar-refractivity contribution in [2.75, 3.05) is 5.32 Å². The number of aromatic nitrogens is 5. The van der Waals surface area contributed by atoms with E-state index in [4.69, 9.17) is 0 Å². The van der Waals surface area contributed by atoms with Crippen molar-refractivity contribution in [3.8, 4) is 0 Å². The summed E-state index contributed by atoms with van der Waals surface area (Å²) in [5.41, 5.74) is 5.29. The van der Waals surface area contributed by atoms with Gasteiger partial charge in [0, 0.05) is 23.8 Å². The molecule has 4 aromatic rings. The molecule has 0 aliphatic rings. The van der Waals surface area contributed by atoms with E-state index in [1.54, 1.807) is 16.8 Å². The highest BCUT2D eigenvalue weighted by atomic mass is 16.1. The number of nitrogens with one attached hydrogen (secondary N) is 1. The molecule has 0 unspecified atom stereocenters. The highest BCUT2D eigenvalue weighted by Gasteiger charge is 2.17. The van der Waals surface area contributed by atoms with Crippen molar-refractivity contribution in [3.05, 3.63) is 59.4 Å². The number of fused-ring (bicyclic) bond motifs is 2. The number of hydrogen-bond donors (Lipinski definition) is 1. The van der Waals surface area contributed by atoms with E-state index in [2.05, 4.69) is 20.5 Å². The van der Waals surface area contributed by atoms with E-state index >= 15 is 0 Å². The van der Waals surface area contributed by atoms with Crippen LogP contribution in [0.3, 0.4) is 0 Å². The molecular weight excluding hydrogens is 304 g/mol. The molecule has 4 heterocycles. The van der Waals surface area contributed by atoms with Crippen LogP contribution in [0.2, 0.25) is 0 Å². The number of pyridine rings is 1. The number of carbonyl (C=O) groups excluding carboxylic acids is 1. The molecule has 120 valence electrons. The SMILES string of the molecule is Cc1cc(C)n2ccc(C(=O)Nc3c(C)ccn4cnnc34)c2n1. The number of aryl methyl sites for hydroxylation is 3. The summed E-state index contributed by atoms with van der Waals surface area (Å²) in [5.74, 6) is -0.214. The minimum atomic E-state index is -0.214. The fourth-order valence-corrected chi connectivity index (χ4v) is 2.89. The second kappa shape index (κ2) is 5.16. The molecule has 0 aliphatic heterocycles. The molecule has 0 bridgehead atoms. The molecule has 4 aromatic heterocycles. The monoisotopic (exact) mass is 320 g/mol. The molecule has 1 amide bonds. The van der Waals surface area contributed by atoms with Crippen molar-refractivity contribution in [3.63, 3.8) is 0 Å². The molecule has 0 atom stereocenters. The minimum Gasteiger partial charge on any atom is -0.318 e. The second-order valence-corrected chi connectivity index (χ2v) is 5.85. The summed E-state index contributed by atoms with van der Waals surface area (Å²) in [6, 6.07) is 5.68. The first-order valence-corrected chi connectivity index (χ1v) is 7.60. The standard InChI is InChI=1S/C17H16N6O/c1-10-4-6-22-9-18-21-16(22)14(10)20-17(24)13-5-7-23-12(3)8-11(2)19-15(13)23/h4-9H,1-3H3,(H,20,24). The third kappa shape index (κ3) is 2.13. The molecule has 7 heteroatoms. The van der Waals surface area contributed by atoms with Crippen molar-refractivity contribution >= 4 is 22.9 Å². The van der Waals surface area contributed by atoms with Crippen molar-refractivity contribution in [2.24, 2.45) is 0 Å². The van der Waals surface area contributed by atoms with Crippen LogP contribution in [0.15, 0.2) is 36.9 Å². The Kier molecular flexibility index (Phi) is 3.09. The fourth-order valence-electron chi connectivity index (χ4n) is 2.89. The van der Waals surface area contributed by atoms with Crippen LogP contribution in [0.1, 0.15) is 27.3 Å². The average Bonchev–Trinajstić information content (AvgIpc) is 3.16. The molecule has 0 spiro atoms. The number of amides is 1. The molecule has 0 radical (unpaired) electrons. The number of rotatable bonds is 2. The summed E-state index contributed by atoms with van der Waals surface area (Å²) in [6.45, 7) is 5.84. The first kappa shape index (κ1) is 14.4. The van der Waals surface area contributed by atoms with Crippen molar-refractivity contribution in [1.82, 2.24) is 24.0 Å². The molecule has 0 aromatic carbocycles. The zero-order valence-electron chi connectivity index (χ0n) is 13.6. The van der Waals surface area contributed by atoms with Crippen LogP contribution in [-0.4, -0.2) is 29.9 Å². The Morgan fingerprint density at radius 3 is 2.79 bits per heavy atom. The van der Waals surface area contributed by atoms with Gasteiger partial charge in [-0.1, -0.05) is 0 Å². The van der Waals surface area contributed by atoms with Crippen molar-refractivity contribution in [2.45, 2.75) is 20.8 Å². The van der Waals surface area contributed by atoms with Crippen LogP contribution in [0, 0.1) is 20.8 Å². The summed E-state index contributed by atoms with van der Waals surface area (Å²) in [6.07, 6.45) is 5.32. The van der Waals surface area contributed by atoms with Gasteiger partial charge in [0.1, 0.15) is 12.0 Å². The summed E-state index contributed by atoms with van der Waals surface area (Å²) in [7, 11) is 0. The van der Waals surface area contributed by atoms with Gasteiger partial charge in [-0.25, -0.2) is 4.98 Å². The van der Waals surface area contributed by atoms with Crippen LogP contribution in [0.25, 0.3) is 11.3 Å². The van der Waals surface area contributed by atoms with Crippen LogP contribution < -0.4 is 5.32 Å². The maximum Gasteiger partial charge on any atom is 0.259 e. The first-order valence-electron chi connectivity index (χ1n) is 7.60. The third-order valence-electron chi connectivity index (χ3n) is 4.10. The molecule has 0 saturated carbocycles. The normalized spacial score (nSPS) is 11.3. The van der Waals surface area contributed by atoms with E-state index in [9.17, 15) is 4.79 Å². The molecule has 0 fully saturated rings. The molecule has 4 rings (SSSR count). The van der Waals surface area contributed by atoms with Gasteiger partial charge >= 0.3 is 0 Å². The van der Waals surface area contributed by atoms with Crippen molar-refractivity contribution < 1.29 is 4.79 Å². The molecule has 7 nitrogen and oxygen atoms in total.